The van der Waals surface area contributed by atoms with Gasteiger partial charge in [-0.1, -0.05) is 41.5 Å². The normalized spacial score (nSPS) is 17.6. The van der Waals surface area contributed by atoms with Crippen LogP contribution in [0, 0.1) is 13.8 Å². The Hall–Kier alpha value is -2.13. The molecule has 0 fully saturated rings. The number of amides is 1. The van der Waals surface area contributed by atoms with Crippen LogP contribution in [0.2, 0.25) is 0 Å². The summed E-state index contributed by atoms with van der Waals surface area (Å²) in [5, 5.41) is 3.08. The predicted octanol–water partition coefficient (Wildman–Crippen LogP) is 3.09. The van der Waals surface area contributed by atoms with Gasteiger partial charge in [-0.3, -0.25) is 9.69 Å². The molecule has 3 rings (SSSR count). The van der Waals surface area contributed by atoms with Crippen molar-refractivity contribution in [3.05, 3.63) is 70.3 Å². The lowest BCUT2D eigenvalue weighted by molar-refractivity contribution is 0.0934. The summed E-state index contributed by atoms with van der Waals surface area (Å²) in [4.78, 5) is 14.6. The average molecular weight is 308 g/mol. The lowest BCUT2D eigenvalue weighted by Gasteiger charge is -2.34. The molecule has 1 N–H and O–H groups in total. The molecule has 0 aliphatic carbocycles. The fourth-order valence-corrected chi connectivity index (χ4v) is 3.15. The van der Waals surface area contributed by atoms with Crippen LogP contribution < -0.4 is 5.32 Å². The van der Waals surface area contributed by atoms with E-state index < -0.39 is 0 Å². The zero-order chi connectivity index (χ0) is 16.4. The Morgan fingerprint density at radius 2 is 1.78 bits per heavy atom. The first-order valence-corrected chi connectivity index (χ1v) is 8.16. The molecule has 0 saturated heterocycles. The fraction of sp³-hybridized carbons (Fsp3) is 0.350. The Labute approximate surface area is 138 Å². The van der Waals surface area contributed by atoms with E-state index in [2.05, 4.69) is 42.4 Å². The van der Waals surface area contributed by atoms with E-state index in [0.717, 1.165) is 18.5 Å². The van der Waals surface area contributed by atoms with Crippen LogP contribution in [0.5, 0.6) is 0 Å². The monoisotopic (exact) mass is 308 g/mol. The van der Waals surface area contributed by atoms with Gasteiger partial charge >= 0.3 is 0 Å². The van der Waals surface area contributed by atoms with E-state index in [4.69, 9.17) is 0 Å². The van der Waals surface area contributed by atoms with Gasteiger partial charge in [0.2, 0.25) is 0 Å². The van der Waals surface area contributed by atoms with Gasteiger partial charge in [-0.2, -0.15) is 0 Å². The number of likely N-dealkylation sites (N-methyl/N-ethyl adjacent to an activating group) is 1. The van der Waals surface area contributed by atoms with E-state index in [0.29, 0.717) is 12.6 Å². The molecule has 1 aliphatic heterocycles. The van der Waals surface area contributed by atoms with Gasteiger partial charge in [0.1, 0.15) is 0 Å². The minimum Gasteiger partial charge on any atom is -0.350 e. The number of benzene rings is 2. The highest BCUT2D eigenvalue weighted by Gasteiger charge is 2.23. The van der Waals surface area contributed by atoms with Crippen LogP contribution in [0.3, 0.4) is 0 Å². The summed E-state index contributed by atoms with van der Waals surface area (Å²) in [6.07, 6.45) is 0.988. The molecule has 1 atom stereocenters. The van der Waals surface area contributed by atoms with Crippen LogP contribution >= 0.6 is 0 Å². The lowest BCUT2D eigenvalue weighted by atomic mass is 9.93. The van der Waals surface area contributed by atoms with E-state index in [1.54, 1.807) is 0 Å². The van der Waals surface area contributed by atoms with Crippen LogP contribution in [-0.4, -0.2) is 30.4 Å². The third kappa shape index (κ3) is 3.62. The van der Waals surface area contributed by atoms with Gasteiger partial charge in [0, 0.05) is 24.7 Å². The Balaban J connectivity index is 1.64. The number of aryl methyl sites for hydroxylation is 2. The molecular formula is C20H24N2O. The number of nitrogens with zero attached hydrogens (tertiary/aromatic N) is 1. The number of rotatable bonds is 3. The van der Waals surface area contributed by atoms with Gasteiger partial charge in [0.05, 0.1) is 0 Å². The van der Waals surface area contributed by atoms with Crippen molar-refractivity contribution >= 4 is 5.91 Å². The molecule has 3 heteroatoms. The molecule has 0 bridgehead atoms. The largest absolute Gasteiger partial charge is 0.350 e. The number of nitrogens with one attached hydrogen (secondary N) is 1. The number of carbonyl (C=O) groups excluding carboxylic acids is 1. The molecule has 0 saturated carbocycles. The van der Waals surface area contributed by atoms with Gasteiger partial charge in [-0.15, -0.1) is 0 Å². The molecule has 0 radical (unpaired) electrons. The van der Waals surface area contributed by atoms with Crippen molar-refractivity contribution < 1.29 is 4.79 Å². The van der Waals surface area contributed by atoms with E-state index in [-0.39, 0.29) is 5.91 Å². The third-order valence-electron chi connectivity index (χ3n) is 4.67. The molecule has 0 spiro atoms. The SMILES string of the molecule is Cc1ccc(C(=O)NC[C@H]2Cc3cc(C)ccc3CN2C)cc1. The number of carbonyl (C=O) groups is 1. The standard InChI is InChI=1S/C20H24N2O/c1-14-4-7-16(8-5-14)20(23)21-12-19-11-18-10-15(2)6-9-17(18)13-22(19)3/h4-10,19H,11-13H2,1-3H3,(H,21,23)/t19-/m1/s1. The van der Waals surface area contributed by atoms with Crippen LogP contribution in [0.25, 0.3) is 0 Å². The maximum absolute atomic E-state index is 12.3. The van der Waals surface area contributed by atoms with E-state index in [1.165, 1.54) is 22.3 Å². The van der Waals surface area contributed by atoms with Crippen molar-refractivity contribution in [1.82, 2.24) is 10.2 Å². The Morgan fingerprint density at radius 3 is 2.52 bits per heavy atom. The summed E-state index contributed by atoms with van der Waals surface area (Å²) >= 11 is 0. The van der Waals surface area contributed by atoms with Crippen LogP contribution in [0.4, 0.5) is 0 Å². The maximum Gasteiger partial charge on any atom is 0.251 e. The molecule has 23 heavy (non-hydrogen) atoms. The van der Waals surface area contributed by atoms with Crippen molar-refractivity contribution in [2.75, 3.05) is 13.6 Å². The summed E-state index contributed by atoms with van der Waals surface area (Å²) in [5.74, 6) is 0.00781. The zero-order valence-corrected chi connectivity index (χ0v) is 14.1. The highest BCUT2D eigenvalue weighted by Crippen LogP contribution is 2.23. The Morgan fingerprint density at radius 1 is 1.09 bits per heavy atom. The zero-order valence-electron chi connectivity index (χ0n) is 14.1. The summed E-state index contributed by atoms with van der Waals surface area (Å²) in [6.45, 7) is 5.78. The predicted molar refractivity (Wildman–Crippen MR) is 93.7 cm³/mol. The molecule has 1 amide bonds. The second-order valence-corrected chi connectivity index (χ2v) is 6.62. The molecule has 2 aromatic rings. The van der Waals surface area contributed by atoms with Gasteiger partial charge in [0.25, 0.3) is 5.91 Å². The first-order chi connectivity index (χ1) is 11.0. The van der Waals surface area contributed by atoms with Crippen molar-refractivity contribution in [3.8, 4) is 0 Å². The highest BCUT2D eigenvalue weighted by atomic mass is 16.1. The minimum atomic E-state index is 0.00781. The summed E-state index contributed by atoms with van der Waals surface area (Å²) in [7, 11) is 2.13. The van der Waals surface area contributed by atoms with Gasteiger partial charge in [-0.25, -0.2) is 0 Å². The van der Waals surface area contributed by atoms with E-state index in [9.17, 15) is 4.79 Å². The van der Waals surface area contributed by atoms with Crippen LogP contribution in [0.15, 0.2) is 42.5 Å². The molecule has 1 aliphatic rings. The molecule has 2 aromatic carbocycles. The van der Waals surface area contributed by atoms with Crippen LogP contribution in [-0.2, 0) is 13.0 Å². The Kier molecular flexibility index (Phi) is 4.49. The summed E-state index contributed by atoms with van der Waals surface area (Å²) < 4.78 is 0. The van der Waals surface area contributed by atoms with Crippen LogP contribution in [0.1, 0.15) is 32.6 Å². The average Bonchev–Trinajstić information content (AvgIpc) is 2.53. The summed E-state index contributed by atoms with van der Waals surface area (Å²) in [6, 6.07) is 14.7. The first-order valence-electron chi connectivity index (χ1n) is 8.16. The minimum absolute atomic E-state index is 0.00781. The number of hydrogen-bond acceptors (Lipinski definition) is 2. The van der Waals surface area contributed by atoms with Crippen molar-refractivity contribution in [2.24, 2.45) is 0 Å². The molecule has 0 aromatic heterocycles. The molecule has 3 nitrogen and oxygen atoms in total. The van der Waals surface area contributed by atoms with Crippen molar-refractivity contribution in [1.29, 1.82) is 0 Å². The second kappa shape index (κ2) is 6.55. The molecular weight excluding hydrogens is 284 g/mol. The van der Waals surface area contributed by atoms with E-state index >= 15 is 0 Å². The fourth-order valence-electron chi connectivity index (χ4n) is 3.15. The molecule has 0 unspecified atom stereocenters. The molecule has 1 heterocycles. The lowest BCUT2D eigenvalue weighted by Crippen LogP contribution is -2.45. The first kappa shape index (κ1) is 15.8. The second-order valence-electron chi connectivity index (χ2n) is 6.62. The topological polar surface area (TPSA) is 32.3 Å². The van der Waals surface area contributed by atoms with E-state index in [1.807, 2.05) is 31.2 Å². The van der Waals surface area contributed by atoms with Crippen molar-refractivity contribution in [2.45, 2.75) is 32.9 Å². The quantitative estimate of drug-likeness (QED) is 0.945. The van der Waals surface area contributed by atoms with Gasteiger partial charge in [0.15, 0.2) is 0 Å². The number of hydrogen-bond donors (Lipinski definition) is 1. The van der Waals surface area contributed by atoms with Crippen molar-refractivity contribution in [3.63, 3.8) is 0 Å². The number of fused-ring (bicyclic) bond motifs is 1. The molecule has 120 valence electrons. The van der Waals surface area contributed by atoms with Gasteiger partial charge in [-0.05, 0) is 50.6 Å². The van der Waals surface area contributed by atoms with Gasteiger partial charge < -0.3 is 5.32 Å². The summed E-state index contributed by atoms with van der Waals surface area (Å²) in [5.41, 5.74) is 6.01. The Bertz CT molecular complexity index is 706. The maximum atomic E-state index is 12.3. The third-order valence-corrected chi connectivity index (χ3v) is 4.67. The highest BCUT2D eigenvalue weighted by molar-refractivity contribution is 5.94. The smallest absolute Gasteiger partial charge is 0.251 e.